The molecule has 0 spiro atoms. The highest BCUT2D eigenvalue weighted by atomic mass is 14.7. The van der Waals surface area contributed by atoms with Gasteiger partial charge < -0.3 is 5.73 Å². The number of aromatic nitrogens is 1. The number of anilines is 1. The zero-order valence-electron chi connectivity index (χ0n) is 11.9. The summed E-state index contributed by atoms with van der Waals surface area (Å²) in [5.74, 6) is 0. The summed E-state index contributed by atoms with van der Waals surface area (Å²) >= 11 is 0. The summed E-state index contributed by atoms with van der Waals surface area (Å²) in [7, 11) is 0. The highest BCUT2D eigenvalue weighted by Gasteiger charge is 2.06. The van der Waals surface area contributed by atoms with E-state index >= 15 is 0 Å². The number of aryl methyl sites for hydroxylation is 3. The van der Waals surface area contributed by atoms with Gasteiger partial charge in [0.1, 0.15) is 0 Å². The van der Waals surface area contributed by atoms with E-state index in [2.05, 4.69) is 30.1 Å². The lowest BCUT2D eigenvalue weighted by Gasteiger charge is -2.09. The van der Waals surface area contributed by atoms with Crippen molar-refractivity contribution in [2.45, 2.75) is 34.6 Å². The summed E-state index contributed by atoms with van der Waals surface area (Å²) < 4.78 is 0. The van der Waals surface area contributed by atoms with Gasteiger partial charge in [0.2, 0.25) is 0 Å². The largest absolute Gasteiger partial charge is 0.398 e. The summed E-state index contributed by atoms with van der Waals surface area (Å²) in [4.78, 5) is 4.41. The zero-order valence-corrected chi connectivity index (χ0v) is 11.9. The number of benzene rings is 1. The summed E-state index contributed by atoms with van der Waals surface area (Å²) in [5, 5.41) is 0. The van der Waals surface area contributed by atoms with E-state index in [0.29, 0.717) is 0 Å². The summed E-state index contributed by atoms with van der Waals surface area (Å²) in [6.07, 6.45) is 1.87. The molecule has 0 saturated carbocycles. The van der Waals surface area contributed by atoms with Crippen molar-refractivity contribution in [3.05, 3.63) is 47.2 Å². The van der Waals surface area contributed by atoms with E-state index in [9.17, 15) is 0 Å². The molecule has 2 aromatic rings. The molecule has 2 nitrogen and oxygen atoms in total. The minimum absolute atomic E-state index is 0.821. The van der Waals surface area contributed by atoms with Gasteiger partial charge in [0, 0.05) is 17.4 Å². The Labute approximate surface area is 110 Å². The fraction of sp³-hybridized carbons (Fsp3) is 0.312. The van der Waals surface area contributed by atoms with Gasteiger partial charge in [0.05, 0.1) is 5.69 Å². The van der Waals surface area contributed by atoms with Crippen molar-refractivity contribution < 1.29 is 0 Å². The van der Waals surface area contributed by atoms with Crippen LogP contribution in [0, 0.1) is 20.8 Å². The Morgan fingerprint density at radius 3 is 2.17 bits per heavy atom. The van der Waals surface area contributed by atoms with Gasteiger partial charge in [-0.2, -0.15) is 0 Å². The topological polar surface area (TPSA) is 38.9 Å². The molecule has 1 heterocycles. The Bertz CT molecular complexity index is 513. The molecule has 0 bridgehead atoms. The van der Waals surface area contributed by atoms with Gasteiger partial charge in [-0.25, -0.2) is 0 Å². The van der Waals surface area contributed by atoms with Crippen LogP contribution < -0.4 is 5.73 Å². The third kappa shape index (κ3) is 3.10. The Morgan fingerprint density at radius 1 is 0.944 bits per heavy atom. The molecule has 2 heteroatoms. The number of hydrogen-bond acceptors (Lipinski definition) is 2. The Kier molecular flexibility index (Phi) is 4.90. The van der Waals surface area contributed by atoms with Crippen molar-refractivity contribution in [2.24, 2.45) is 0 Å². The lowest BCUT2D eigenvalue weighted by Crippen LogP contribution is -1.96. The van der Waals surface area contributed by atoms with Crippen LogP contribution in [0.25, 0.3) is 11.3 Å². The molecule has 0 radical (unpaired) electrons. The number of pyridine rings is 1. The molecule has 0 aliphatic rings. The van der Waals surface area contributed by atoms with E-state index in [0.717, 1.165) is 28.1 Å². The minimum Gasteiger partial charge on any atom is -0.398 e. The third-order valence-electron chi connectivity index (χ3n) is 2.72. The van der Waals surface area contributed by atoms with Crippen molar-refractivity contribution in [1.29, 1.82) is 0 Å². The lowest BCUT2D eigenvalue weighted by atomic mass is 10.0. The SMILES string of the molecule is CC.Cc1ccc(-c2cc(C)cc(C)c2N)nc1. The van der Waals surface area contributed by atoms with E-state index in [1.165, 1.54) is 5.56 Å². The number of hydrogen-bond donors (Lipinski definition) is 1. The molecule has 0 saturated heterocycles. The van der Waals surface area contributed by atoms with Crippen molar-refractivity contribution in [1.82, 2.24) is 4.98 Å². The Hall–Kier alpha value is -1.83. The second kappa shape index (κ2) is 6.20. The molecule has 0 fully saturated rings. The highest BCUT2D eigenvalue weighted by molar-refractivity contribution is 5.76. The molecular weight excluding hydrogens is 220 g/mol. The molecule has 0 atom stereocenters. The number of rotatable bonds is 1. The number of nitrogen functional groups attached to an aromatic ring is 1. The van der Waals surface area contributed by atoms with Gasteiger partial charge >= 0.3 is 0 Å². The fourth-order valence-corrected chi connectivity index (χ4v) is 1.82. The summed E-state index contributed by atoms with van der Waals surface area (Å²) in [6.45, 7) is 10.1. The molecule has 18 heavy (non-hydrogen) atoms. The summed E-state index contributed by atoms with van der Waals surface area (Å²) in [5.41, 5.74) is 12.3. The van der Waals surface area contributed by atoms with Crippen molar-refractivity contribution in [3.63, 3.8) is 0 Å². The lowest BCUT2D eigenvalue weighted by molar-refractivity contribution is 1.26. The average Bonchev–Trinajstić information content (AvgIpc) is 2.37. The molecular formula is C16H22N2. The van der Waals surface area contributed by atoms with E-state index in [4.69, 9.17) is 5.73 Å². The van der Waals surface area contributed by atoms with Crippen molar-refractivity contribution in [2.75, 3.05) is 5.73 Å². The van der Waals surface area contributed by atoms with Crippen molar-refractivity contribution >= 4 is 5.69 Å². The van der Waals surface area contributed by atoms with Gasteiger partial charge in [-0.15, -0.1) is 0 Å². The molecule has 96 valence electrons. The third-order valence-corrected chi connectivity index (χ3v) is 2.72. The first-order valence-electron chi connectivity index (χ1n) is 6.37. The van der Waals surface area contributed by atoms with Crippen LogP contribution in [-0.4, -0.2) is 4.98 Å². The van der Waals surface area contributed by atoms with Gasteiger partial charge in [-0.3, -0.25) is 4.98 Å². The van der Waals surface area contributed by atoms with Crippen molar-refractivity contribution in [3.8, 4) is 11.3 Å². The quantitative estimate of drug-likeness (QED) is 0.758. The number of nitrogens with two attached hydrogens (primary N) is 1. The van der Waals surface area contributed by atoms with E-state index in [-0.39, 0.29) is 0 Å². The highest BCUT2D eigenvalue weighted by Crippen LogP contribution is 2.28. The maximum atomic E-state index is 6.08. The van der Waals surface area contributed by atoms with Crippen LogP contribution in [0.4, 0.5) is 5.69 Å². The van der Waals surface area contributed by atoms with E-state index < -0.39 is 0 Å². The molecule has 0 aliphatic heterocycles. The smallest absolute Gasteiger partial charge is 0.0723 e. The predicted octanol–water partition coefficient (Wildman–Crippen LogP) is 4.28. The van der Waals surface area contributed by atoms with Crippen LogP contribution in [0.3, 0.4) is 0 Å². The van der Waals surface area contributed by atoms with Crippen LogP contribution in [-0.2, 0) is 0 Å². The van der Waals surface area contributed by atoms with Crippen LogP contribution in [0.15, 0.2) is 30.5 Å². The molecule has 0 unspecified atom stereocenters. The molecule has 2 rings (SSSR count). The monoisotopic (exact) mass is 242 g/mol. The predicted molar refractivity (Wildman–Crippen MR) is 79.6 cm³/mol. The van der Waals surface area contributed by atoms with Gasteiger partial charge in [0.15, 0.2) is 0 Å². The Balaban J connectivity index is 0.000000771. The normalized spacial score (nSPS) is 9.61. The molecule has 1 aromatic heterocycles. The first kappa shape index (κ1) is 14.2. The van der Waals surface area contributed by atoms with Gasteiger partial charge in [-0.05, 0) is 44.0 Å². The van der Waals surface area contributed by atoms with Crippen LogP contribution >= 0.6 is 0 Å². The molecule has 1 aromatic carbocycles. The standard InChI is InChI=1S/C14H16N2.C2H6/c1-9-4-5-13(16-8-9)12-7-10(2)6-11(3)14(12)15;1-2/h4-8H,15H2,1-3H3;1-2H3. The fourth-order valence-electron chi connectivity index (χ4n) is 1.82. The second-order valence-corrected chi connectivity index (χ2v) is 4.26. The van der Waals surface area contributed by atoms with Gasteiger partial charge in [-0.1, -0.05) is 31.5 Å². The van der Waals surface area contributed by atoms with Crippen LogP contribution in [0.5, 0.6) is 0 Å². The zero-order chi connectivity index (χ0) is 13.7. The second-order valence-electron chi connectivity index (χ2n) is 4.26. The molecule has 0 amide bonds. The Morgan fingerprint density at radius 2 is 1.61 bits per heavy atom. The summed E-state index contributed by atoms with van der Waals surface area (Å²) in [6, 6.07) is 8.24. The minimum atomic E-state index is 0.821. The maximum absolute atomic E-state index is 6.08. The first-order chi connectivity index (χ1) is 8.58. The average molecular weight is 242 g/mol. The van der Waals surface area contributed by atoms with E-state index in [1.807, 2.05) is 40.0 Å². The maximum Gasteiger partial charge on any atom is 0.0723 e. The molecule has 2 N–H and O–H groups in total. The first-order valence-corrected chi connectivity index (χ1v) is 6.37. The molecule has 0 aliphatic carbocycles. The number of nitrogens with zero attached hydrogens (tertiary/aromatic N) is 1. The van der Waals surface area contributed by atoms with Gasteiger partial charge in [0.25, 0.3) is 0 Å². The van der Waals surface area contributed by atoms with Crippen LogP contribution in [0.2, 0.25) is 0 Å². The van der Waals surface area contributed by atoms with E-state index in [1.54, 1.807) is 0 Å². The van der Waals surface area contributed by atoms with Crippen LogP contribution in [0.1, 0.15) is 30.5 Å².